The third-order valence-corrected chi connectivity index (χ3v) is 3.34. The molecule has 0 aliphatic carbocycles. The SMILES string of the molecule is Cc1nnc2c(Oc3ccc(Br)cc3C(=O)O)nccn12. The highest BCUT2D eigenvalue weighted by Gasteiger charge is 2.16. The van der Waals surface area contributed by atoms with Crippen molar-refractivity contribution in [1.82, 2.24) is 19.6 Å². The molecule has 2 aromatic heterocycles. The van der Waals surface area contributed by atoms with Crippen molar-refractivity contribution in [3.8, 4) is 11.6 Å². The number of rotatable bonds is 3. The minimum atomic E-state index is -1.09. The van der Waals surface area contributed by atoms with Crippen molar-refractivity contribution in [2.75, 3.05) is 0 Å². The summed E-state index contributed by atoms with van der Waals surface area (Å²) >= 11 is 3.23. The van der Waals surface area contributed by atoms with Gasteiger partial charge in [-0.15, -0.1) is 10.2 Å². The van der Waals surface area contributed by atoms with Crippen LogP contribution in [0.15, 0.2) is 35.1 Å². The van der Waals surface area contributed by atoms with Gasteiger partial charge in [0.05, 0.1) is 0 Å². The Balaban J connectivity index is 2.09. The lowest BCUT2D eigenvalue weighted by Crippen LogP contribution is -2.02. The van der Waals surface area contributed by atoms with E-state index in [1.54, 1.807) is 29.7 Å². The molecule has 3 rings (SSSR count). The number of carboxylic acid groups (broad SMARTS) is 1. The van der Waals surface area contributed by atoms with E-state index < -0.39 is 5.97 Å². The van der Waals surface area contributed by atoms with Crippen LogP contribution in [-0.2, 0) is 0 Å². The highest BCUT2D eigenvalue weighted by atomic mass is 79.9. The Morgan fingerprint density at radius 2 is 2.19 bits per heavy atom. The summed E-state index contributed by atoms with van der Waals surface area (Å²) < 4.78 is 7.98. The van der Waals surface area contributed by atoms with E-state index in [-0.39, 0.29) is 17.2 Å². The van der Waals surface area contributed by atoms with Crippen LogP contribution in [0.4, 0.5) is 0 Å². The number of hydrogen-bond donors (Lipinski definition) is 1. The van der Waals surface area contributed by atoms with E-state index in [0.29, 0.717) is 15.9 Å². The monoisotopic (exact) mass is 348 g/mol. The zero-order valence-electron chi connectivity index (χ0n) is 10.8. The first-order valence-corrected chi connectivity index (χ1v) is 6.72. The maximum Gasteiger partial charge on any atom is 0.339 e. The molecular formula is C13H9BrN4O3. The van der Waals surface area contributed by atoms with Crippen LogP contribution in [0, 0.1) is 6.92 Å². The first kappa shape index (κ1) is 13.5. The molecule has 106 valence electrons. The Hall–Kier alpha value is -2.48. The third kappa shape index (κ3) is 2.45. The van der Waals surface area contributed by atoms with Crippen LogP contribution in [0.2, 0.25) is 0 Å². The van der Waals surface area contributed by atoms with E-state index in [2.05, 4.69) is 31.1 Å². The molecule has 8 heteroatoms. The second-order valence-electron chi connectivity index (χ2n) is 4.22. The quantitative estimate of drug-likeness (QED) is 0.782. The van der Waals surface area contributed by atoms with Gasteiger partial charge < -0.3 is 9.84 Å². The largest absolute Gasteiger partial charge is 0.478 e. The maximum absolute atomic E-state index is 11.3. The van der Waals surface area contributed by atoms with Gasteiger partial charge in [-0.2, -0.15) is 0 Å². The normalized spacial score (nSPS) is 10.8. The number of aromatic nitrogens is 4. The van der Waals surface area contributed by atoms with E-state index in [4.69, 9.17) is 4.74 Å². The molecule has 3 aromatic rings. The van der Waals surface area contributed by atoms with Crippen LogP contribution in [0.3, 0.4) is 0 Å². The lowest BCUT2D eigenvalue weighted by Gasteiger charge is -2.08. The molecule has 0 atom stereocenters. The Kier molecular flexibility index (Phi) is 3.30. The van der Waals surface area contributed by atoms with Crippen LogP contribution >= 0.6 is 15.9 Å². The molecule has 0 amide bonds. The van der Waals surface area contributed by atoms with E-state index in [1.807, 2.05) is 0 Å². The minimum Gasteiger partial charge on any atom is -0.478 e. The van der Waals surface area contributed by atoms with Gasteiger partial charge in [-0.3, -0.25) is 4.40 Å². The molecule has 0 radical (unpaired) electrons. The number of benzene rings is 1. The number of carbonyl (C=O) groups is 1. The summed E-state index contributed by atoms with van der Waals surface area (Å²) in [6.07, 6.45) is 3.25. The fourth-order valence-electron chi connectivity index (χ4n) is 1.85. The van der Waals surface area contributed by atoms with Gasteiger partial charge >= 0.3 is 5.97 Å². The van der Waals surface area contributed by atoms with Gasteiger partial charge in [0.25, 0.3) is 5.88 Å². The zero-order valence-corrected chi connectivity index (χ0v) is 12.4. The summed E-state index contributed by atoms with van der Waals surface area (Å²) in [5, 5.41) is 17.1. The molecule has 2 heterocycles. The molecule has 0 fully saturated rings. The fraction of sp³-hybridized carbons (Fsp3) is 0.0769. The number of aryl methyl sites for hydroxylation is 1. The molecule has 7 nitrogen and oxygen atoms in total. The molecule has 1 aromatic carbocycles. The van der Waals surface area contributed by atoms with Gasteiger partial charge in [0.15, 0.2) is 0 Å². The topological polar surface area (TPSA) is 89.6 Å². The molecule has 0 saturated heterocycles. The molecule has 0 spiro atoms. The number of ether oxygens (including phenoxy) is 1. The predicted molar refractivity (Wildman–Crippen MR) is 76.7 cm³/mol. The smallest absolute Gasteiger partial charge is 0.339 e. The Morgan fingerprint density at radius 3 is 2.95 bits per heavy atom. The van der Waals surface area contributed by atoms with Crippen molar-refractivity contribution in [1.29, 1.82) is 0 Å². The number of carboxylic acids is 1. The standard InChI is InChI=1S/C13H9BrN4O3/c1-7-16-17-11-12(15-4-5-18(7)11)21-10-3-2-8(14)6-9(10)13(19)20/h2-6H,1H3,(H,19,20). The van der Waals surface area contributed by atoms with Gasteiger partial charge in [0.2, 0.25) is 5.65 Å². The number of nitrogens with zero attached hydrogens (tertiary/aromatic N) is 4. The van der Waals surface area contributed by atoms with E-state index >= 15 is 0 Å². The predicted octanol–water partition coefficient (Wildman–Crippen LogP) is 2.69. The molecule has 1 N–H and O–H groups in total. The van der Waals surface area contributed by atoms with Gasteiger partial charge in [-0.05, 0) is 25.1 Å². The number of hydrogen-bond acceptors (Lipinski definition) is 5. The van der Waals surface area contributed by atoms with Gasteiger partial charge in [-0.25, -0.2) is 9.78 Å². The molecule has 0 aliphatic rings. The average Bonchev–Trinajstić information content (AvgIpc) is 2.83. The second kappa shape index (κ2) is 5.13. The van der Waals surface area contributed by atoms with E-state index in [0.717, 1.165) is 0 Å². The molecular weight excluding hydrogens is 340 g/mol. The van der Waals surface area contributed by atoms with Crippen LogP contribution in [0.25, 0.3) is 5.65 Å². The Bertz CT molecular complexity index is 847. The lowest BCUT2D eigenvalue weighted by atomic mass is 10.2. The van der Waals surface area contributed by atoms with Crippen molar-refractivity contribution in [3.63, 3.8) is 0 Å². The first-order chi connectivity index (χ1) is 10.1. The molecule has 0 unspecified atom stereocenters. The summed E-state index contributed by atoms with van der Waals surface area (Å²) in [6, 6.07) is 4.71. The summed E-state index contributed by atoms with van der Waals surface area (Å²) in [6.45, 7) is 1.80. The number of aromatic carboxylic acids is 1. The van der Waals surface area contributed by atoms with Crippen LogP contribution in [0.5, 0.6) is 11.6 Å². The minimum absolute atomic E-state index is 0.0319. The summed E-state index contributed by atoms with van der Waals surface area (Å²) in [5.41, 5.74) is 0.457. The van der Waals surface area contributed by atoms with Crippen LogP contribution < -0.4 is 4.74 Å². The average molecular weight is 349 g/mol. The van der Waals surface area contributed by atoms with Gasteiger partial charge in [0, 0.05) is 16.9 Å². The van der Waals surface area contributed by atoms with Crippen molar-refractivity contribution in [2.45, 2.75) is 6.92 Å². The highest BCUT2D eigenvalue weighted by Crippen LogP contribution is 2.28. The first-order valence-electron chi connectivity index (χ1n) is 5.93. The fourth-order valence-corrected chi connectivity index (χ4v) is 2.21. The maximum atomic E-state index is 11.3. The third-order valence-electron chi connectivity index (χ3n) is 2.84. The summed E-state index contributed by atoms with van der Waals surface area (Å²) in [4.78, 5) is 15.4. The zero-order chi connectivity index (χ0) is 15.0. The van der Waals surface area contributed by atoms with Crippen molar-refractivity contribution < 1.29 is 14.6 Å². The van der Waals surface area contributed by atoms with Gasteiger partial charge in [0.1, 0.15) is 17.1 Å². The molecule has 21 heavy (non-hydrogen) atoms. The van der Waals surface area contributed by atoms with Crippen LogP contribution in [0.1, 0.15) is 16.2 Å². The number of fused-ring (bicyclic) bond motifs is 1. The molecule has 0 saturated carbocycles. The second-order valence-corrected chi connectivity index (χ2v) is 5.14. The van der Waals surface area contributed by atoms with Gasteiger partial charge in [-0.1, -0.05) is 15.9 Å². The molecule has 0 bridgehead atoms. The summed E-state index contributed by atoms with van der Waals surface area (Å²) in [7, 11) is 0. The Labute approximate surface area is 127 Å². The Morgan fingerprint density at radius 1 is 1.38 bits per heavy atom. The van der Waals surface area contributed by atoms with E-state index in [1.165, 1.54) is 12.3 Å². The van der Waals surface area contributed by atoms with Crippen molar-refractivity contribution in [2.24, 2.45) is 0 Å². The van der Waals surface area contributed by atoms with Crippen molar-refractivity contribution in [3.05, 3.63) is 46.5 Å². The lowest BCUT2D eigenvalue weighted by molar-refractivity contribution is 0.0694. The summed E-state index contributed by atoms with van der Waals surface area (Å²) in [5.74, 6) is -0.0164. The van der Waals surface area contributed by atoms with E-state index in [9.17, 15) is 9.90 Å². The van der Waals surface area contributed by atoms with Crippen molar-refractivity contribution >= 4 is 27.5 Å². The molecule has 0 aliphatic heterocycles. The van der Waals surface area contributed by atoms with Crippen LogP contribution in [-0.4, -0.2) is 30.7 Å². The number of halogens is 1. The highest BCUT2D eigenvalue weighted by molar-refractivity contribution is 9.10.